The Kier molecular flexibility index (Phi) is 3.48. The highest BCUT2D eigenvalue weighted by Gasteiger charge is 2.39. The Labute approximate surface area is 89.4 Å². The largest absolute Gasteiger partial charge is 0.481 e. The molecule has 2 atom stereocenters. The van der Waals surface area contributed by atoms with Crippen molar-refractivity contribution in [3.63, 3.8) is 0 Å². The zero-order valence-corrected chi connectivity index (χ0v) is 8.97. The first-order valence-electron chi connectivity index (χ1n) is 4.98. The van der Waals surface area contributed by atoms with Gasteiger partial charge in [-0.05, 0) is 18.9 Å². The van der Waals surface area contributed by atoms with Crippen molar-refractivity contribution in [2.24, 2.45) is 5.41 Å². The molecule has 0 saturated carbocycles. The highest BCUT2D eigenvalue weighted by atomic mass is 16.4. The molecule has 0 fully saturated rings. The van der Waals surface area contributed by atoms with Crippen LogP contribution in [0.5, 0.6) is 0 Å². The fourth-order valence-corrected chi connectivity index (χ4v) is 1.46. The van der Waals surface area contributed by atoms with Gasteiger partial charge in [0, 0.05) is 0 Å². The summed E-state index contributed by atoms with van der Waals surface area (Å²) in [5.74, 6) is -0.971. The minimum absolute atomic E-state index is 0.387. The zero-order valence-electron chi connectivity index (χ0n) is 8.97. The predicted molar refractivity (Wildman–Crippen MR) is 57.4 cm³/mol. The number of carboxylic acids is 1. The molecule has 0 heterocycles. The summed E-state index contributed by atoms with van der Waals surface area (Å²) in [4.78, 5) is 11.1. The Bertz CT molecular complexity index is 334. The van der Waals surface area contributed by atoms with Crippen molar-refractivity contribution in [1.82, 2.24) is 0 Å². The summed E-state index contributed by atoms with van der Waals surface area (Å²) in [6.07, 6.45) is -0.584. The minimum Gasteiger partial charge on any atom is -0.481 e. The molecule has 0 saturated heterocycles. The van der Waals surface area contributed by atoms with E-state index in [1.165, 1.54) is 0 Å². The third-order valence-corrected chi connectivity index (χ3v) is 2.94. The van der Waals surface area contributed by atoms with Crippen LogP contribution in [0.3, 0.4) is 0 Å². The van der Waals surface area contributed by atoms with Crippen LogP contribution in [-0.2, 0) is 4.79 Å². The van der Waals surface area contributed by atoms with Crippen molar-refractivity contribution >= 4 is 5.97 Å². The summed E-state index contributed by atoms with van der Waals surface area (Å²) in [6.45, 7) is 3.33. The number of aliphatic hydroxyl groups excluding tert-OH is 1. The summed E-state index contributed by atoms with van der Waals surface area (Å²) in [6, 6.07) is 8.89. The average molecular weight is 208 g/mol. The second-order valence-electron chi connectivity index (χ2n) is 3.89. The van der Waals surface area contributed by atoms with Crippen molar-refractivity contribution in [2.45, 2.75) is 26.4 Å². The topological polar surface area (TPSA) is 57.5 Å². The molecule has 0 aliphatic carbocycles. The number of carboxylic acid groups (broad SMARTS) is 1. The van der Waals surface area contributed by atoms with E-state index >= 15 is 0 Å². The summed E-state index contributed by atoms with van der Waals surface area (Å²) in [5, 5.41) is 19.1. The molecule has 1 aromatic rings. The van der Waals surface area contributed by atoms with E-state index in [2.05, 4.69) is 0 Å². The Balaban J connectivity index is 3.02. The second-order valence-corrected chi connectivity index (χ2v) is 3.89. The molecule has 1 aromatic carbocycles. The number of benzene rings is 1. The highest BCUT2D eigenvalue weighted by Crippen LogP contribution is 2.36. The van der Waals surface area contributed by atoms with E-state index in [4.69, 9.17) is 5.11 Å². The fraction of sp³-hybridized carbons (Fsp3) is 0.417. The average Bonchev–Trinajstić information content (AvgIpc) is 2.28. The lowest BCUT2D eigenvalue weighted by atomic mass is 9.78. The molecule has 0 aromatic heterocycles. The Morgan fingerprint density at radius 3 is 2.33 bits per heavy atom. The van der Waals surface area contributed by atoms with Gasteiger partial charge in [0.1, 0.15) is 0 Å². The van der Waals surface area contributed by atoms with E-state index < -0.39 is 17.5 Å². The Hall–Kier alpha value is -1.35. The van der Waals surface area contributed by atoms with Crippen LogP contribution in [0.25, 0.3) is 0 Å². The monoisotopic (exact) mass is 208 g/mol. The molecular formula is C12H16O3. The van der Waals surface area contributed by atoms with Gasteiger partial charge in [-0.25, -0.2) is 0 Å². The van der Waals surface area contributed by atoms with Crippen molar-refractivity contribution in [3.8, 4) is 0 Å². The number of aliphatic hydroxyl groups is 1. The normalized spacial score (nSPS) is 16.7. The van der Waals surface area contributed by atoms with Gasteiger partial charge < -0.3 is 10.2 Å². The van der Waals surface area contributed by atoms with Gasteiger partial charge in [0.25, 0.3) is 0 Å². The molecule has 2 N–H and O–H groups in total. The van der Waals surface area contributed by atoms with Crippen LogP contribution < -0.4 is 0 Å². The second kappa shape index (κ2) is 4.45. The SMILES string of the molecule is CC[C@](C)(C(=O)O)[C@H](O)c1ccccc1. The first kappa shape index (κ1) is 11.7. The number of carbonyl (C=O) groups is 1. The standard InChI is InChI=1S/C12H16O3/c1-3-12(2,11(14)15)10(13)9-7-5-4-6-8-9/h4-8,10,13H,3H2,1-2H3,(H,14,15)/t10-,12+/m1/s1. The molecule has 0 bridgehead atoms. The molecule has 15 heavy (non-hydrogen) atoms. The van der Waals surface area contributed by atoms with E-state index in [-0.39, 0.29) is 0 Å². The smallest absolute Gasteiger partial charge is 0.312 e. The van der Waals surface area contributed by atoms with Crippen LogP contribution in [-0.4, -0.2) is 16.2 Å². The molecule has 0 radical (unpaired) electrons. The summed E-state index contributed by atoms with van der Waals surface area (Å²) >= 11 is 0. The van der Waals surface area contributed by atoms with Gasteiger partial charge in [-0.15, -0.1) is 0 Å². The van der Waals surface area contributed by atoms with Crippen molar-refractivity contribution in [2.75, 3.05) is 0 Å². The van der Waals surface area contributed by atoms with Crippen LogP contribution in [0.2, 0.25) is 0 Å². The van der Waals surface area contributed by atoms with E-state index in [1.807, 2.05) is 6.07 Å². The molecule has 1 rings (SSSR count). The summed E-state index contributed by atoms with van der Waals surface area (Å²) < 4.78 is 0. The first-order valence-corrected chi connectivity index (χ1v) is 4.98. The van der Waals surface area contributed by atoms with Gasteiger partial charge in [0.15, 0.2) is 0 Å². The zero-order chi connectivity index (χ0) is 11.5. The number of hydrogen-bond acceptors (Lipinski definition) is 2. The Morgan fingerprint density at radius 2 is 1.93 bits per heavy atom. The van der Waals surface area contributed by atoms with Crippen LogP contribution in [0, 0.1) is 5.41 Å². The van der Waals surface area contributed by atoms with E-state index in [0.717, 1.165) is 0 Å². The Morgan fingerprint density at radius 1 is 1.40 bits per heavy atom. The third kappa shape index (κ3) is 2.18. The van der Waals surface area contributed by atoms with Gasteiger partial charge in [-0.2, -0.15) is 0 Å². The van der Waals surface area contributed by atoms with Gasteiger partial charge in [0.2, 0.25) is 0 Å². The van der Waals surface area contributed by atoms with Gasteiger partial charge >= 0.3 is 5.97 Å². The molecule has 0 spiro atoms. The molecule has 3 nitrogen and oxygen atoms in total. The van der Waals surface area contributed by atoms with Gasteiger partial charge in [-0.3, -0.25) is 4.79 Å². The maximum atomic E-state index is 11.1. The van der Waals surface area contributed by atoms with E-state index in [1.54, 1.807) is 38.1 Å². The number of aliphatic carboxylic acids is 1. The first-order chi connectivity index (χ1) is 7.02. The predicted octanol–water partition coefficient (Wildman–Crippen LogP) is 2.22. The third-order valence-electron chi connectivity index (χ3n) is 2.94. The lowest BCUT2D eigenvalue weighted by Gasteiger charge is -2.29. The van der Waals surface area contributed by atoms with E-state index in [9.17, 15) is 9.90 Å². The van der Waals surface area contributed by atoms with Crippen molar-refractivity contribution in [1.29, 1.82) is 0 Å². The quantitative estimate of drug-likeness (QED) is 0.797. The van der Waals surface area contributed by atoms with Crippen LogP contribution in [0.15, 0.2) is 30.3 Å². The lowest BCUT2D eigenvalue weighted by Crippen LogP contribution is -2.33. The summed E-state index contributed by atoms with van der Waals surface area (Å²) in [5.41, 5.74) is -0.481. The number of rotatable bonds is 4. The fourth-order valence-electron chi connectivity index (χ4n) is 1.46. The van der Waals surface area contributed by atoms with Gasteiger partial charge in [0.05, 0.1) is 11.5 Å². The van der Waals surface area contributed by atoms with E-state index in [0.29, 0.717) is 12.0 Å². The summed E-state index contributed by atoms with van der Waals surface area (Å²) in [7, 11) is 0. The molecule has 0 aliphatic rings. The minimum atomic E-state index is -1.12. The van der Waals surface area contributed by atoms with Crippen LogP contribution in [0.4, 0.5) is 0 Å². The molecule has 0 aliphatic heterocycles. The lowest BCUT2D eigenvalue weighted by molar-refractivity contribution is -0.155. The van der Waals surface area contributed by atoms with Crippen LogP contribution in [0.1, 0.15) is 31.9 Å². The van der Waals surface area contributed by atoms with Gasteiger partial charge in [-0.1, -0.05) is 37.3 Å². The maximum absolute atomic E-state index is 11.1. The molecule has 0 unspecified atom stereocenters. The van der Waals surface area contributed by atoms with Crippen LogP contribution >= 0.6 is 0 Å². The molecule has 3 heteroatoms. The van der Waals surface area contributed by atoms with Crippen molar-refractivity contribution in [3.05, 3.63) is 35.9 Å². The van der Waals surface area contributed by atoms with Crippen molar-refractivity contribution < 1.29 is 15.0 Å². The number of hydrogen-bond donors (Lipinski definition) is 2. The highest BCUT2D eigenvalue weighted by molar-refractivity contribution is 5.75. The molecule has 0 amide bonds. The molecular weight excluding hydrogens is 192 g/mol. The molecule has 82 valence electrons. The maximum Gasteiger partial charge on any atom is 0.312 e.